The van der Waals surface area contributed by atoms with Gasteiger partial charge in [0.1, 0.15) is 0 Å². The number of hydrogen-bond acceptors (Lipinski definition) is 3. The second kappa shape index (κ2) is 7.39. The summed E-state index contributed by atoms with van der Waals surface area (Å²) in [6.45, 7) is 5.81. The van der Waals surface area contributed by atoms with Crippen LogP contribution in [-0.4, -0.2) is 37.5 Å². The SMILES string of the molecule is CCNC(=S)Nc1cc(S(=O)(=O)N2CCCCC2)ccc1C. The summed E-state index contributed by atoms with van der Waals surface area (Å²) in [6, 6.07) is 5.15. The third kappa shape index (κ3) is 3.97. The number of thiocarbonyl (C=S) groups is 1. The Bertz CT molecular complexity index is 638. The zero-order chi connectivity index (χ0) is 16.2. The van der Waals surface area contributed by atoms with Crippen LogP contribution in [-0.2, 0) is 10.0 Å². The van der Waals surface area contributed by atoms with E-state index in [-0.39, 0.29) is 0 Å². The summed E-state index contributed by atoms with van der Waals surface area (Å²) in [5.41, 5.74) is 1.68. The second-order valence-corrected chi connectivity index (χ2v) is 7.77. The zero-order valence-electron chi connectivity index (χ0n) is 13.1. The molecule has 1 saturated heterocycles. The first-order chi connectivity index (χ1) is 10.4. The lowest BCUT2D eigenvalue weighted by Crippen LogP contribution is -2.35. The molecule has 1 heterocycles. The molecule has 1 aromatic rings. The minimum atomic E-state index is -3.42. The van der Waals surface area contributed by atoms with Crippen LogP contribution < -0.4 is 10.6 Å². The van der Waals surface area contributed by atoms with Crippen LogP contribution in [0.5, 0.6) is 0 Å². The average Bonchev–Trinajstić information content (AvgIpc) is 2.50. The third-order valence-electron chi connectivity index (χ3n) is 3.75. The van der Waals surface area contributed by atoms with Crippen molar-refractivity contribution < 1.29 is 8.42 Å². The van der Waals surface area contributed by atoms with Crippen molar-refractivity contribution in [2.45, 2.75) is 38.0 Å². The van der Waals surface area contributed by atoms with Gasteiger partial charge in [0.25, 0.3) is 0 Å². The summed E-state index contributed by atoms with van der Waals surface area (Å²) in [7, 11) is -3.42. The van der Waals surface area contributed by atoms with Crippen molar-refractivity contribution in [3.05, 3.63) is 23.8 Å². The number of hydrogen-bond donors (Lipinski definition) is 2. The Morgan fingerprint density at radius 3 is 2.59 bits per heavy atom. The molecule has 0 saturated carbocycles. The fraction of sp³-hybridized carbons (Fsp3) is 0.533. The van der Waals surface area contributed by atoms with Gasteiger partial charge in [0.2, 0.25) is 10.0 Å². The lowest BCUT2D eigenvalue weighted by molar-refractivity contribution is 0.346. The summed E-state index contributed by atoms with van der Waals surface area (Å²) in [5.74, 6) is 0. The smallest absolute Gasteiger partial charge is 0.243 e. The van der Waals surface area contributed by atoms with Crippen LogP contribution in [0.4, 0.5) is 5.69 Å². The summed E-state index contributed by atoms with van der Waals surface area (Å²) in [5, 5.41) is 6.57. The average molecular weight is 342 g/mol. The third-order valence-corrected chi connectivity index (χ3v) is 5.89. The van der Waals surface area contributed by atoms with Gasteiger partial charge in [-0.2, -0.15) is 4.31 Å². The Morgan fingerprint density at radius 2 is 1.95 bits per heavy atom. The Balaban J connectivity index is 2.26. The van der Waals surface area contributed by atoms with Gasteiger partial charge in [-0.3, -0.25) is 0 Å². The predicted octanol–water partition coefficient (Wildman–Crippen LogP) is 2.48. The number of benzene rings is 1. The van der Waals surface area contributed by atoms with E-state index in [0.29, 0.717) is 23.1 Å². The molecule has 7 heteroatoms. The van der Waals surface area contributed by atoms with E-state index < -0.39 is 10.0 Å². The number of sulfonamides is 1. The van der Waals surface area contributed by atoms with Gasteiger partial charge in [-0.25, -0.2) is 8.42 Å². The molecule has 0 bridgehead atoms. The molecule has 0 aliphatic carbocycles. The molecule has 1 fully saturated rings. The Kier molecular flexibility index (Phi) is 5.77. The number of rotatable bonds is 4. The Hall–Kier alpha value is -1.18. The fourth-order valence-electron chi connectivity index (χ4n) is 2.48. The van der Waals surface area contributed by atoms with Crippen LogP contribution in [0.2, 0.25) is 0 Å². The van der Waals surface area contributed by atoms with Gasteiger partial charge in [-0.05, 0) is 56.6 Å². The highest BCUT2D eigenvalue weighted by Gasteiger charge is 2.26. The summed E-state index contributed by atoms with van der Waals surface area (Å²) >= 11 is 5.17. The topological polar surface area (TPSA) is 61.4 Å². The van der Waals surface area contributed by atoms with E-state index in [0.717, 1.165) is 37.1 Å². The molecule has 1 aromatic carbocycles. The first-order valence-corrected chi connectivity index (χ1v) is 9.45. The van der Waals surface area contributed by atoms with Gasteiger partial charge in [-0.15, -0.1) is 0 Å². The minimum absolute atomic E-state index is 0.321. The maximum Gasteiger partial charge on any atom is 0.243 e. The first-order valence-electron chi connectivity index (χ1n) is 7.61. The molecule has 2 rings (SSSR count). The molecule has 1 aliphatic rings. The van der Waals surface area contributed by atoms with Crippen LogP contribution in [0.15, 0.2) is 23.1 Å². The Morgan fingerprint density at radius 1 is 1.27 bits per heavy atom. The van der Waals surface area contributed by atoms with Gasteiger partial charge in [0.05, 0.1) is 4.90 Å². The molecule has 0 amide bonds. The van der Waals surface area contributed by atoms with Crippen molar-refractivity contribution in [2.75, 3.05) is 25.0 Å². The standard InChI is InChI=1S/C15H23N3O2S2/c1-3-16-15(21)17-14-11-13(8-7-12(14)2)22(19,20)18-9-5-4-6-10-18/h7-8,11H,3-6,9-10H2,1-2H3,(H2,16,17,21). The number of aryl methyl sites for hydroxylation is 1. The largest absolute Gasteiger partial charge is 0.363 e. The maximum atomic E-state index is 12.7. The van der Waals surface area contributed by atoms with E-state index in [2.05, 4.69) is 10.6 Å². The van der Waals surface area contributed by atoms with Gasteiger partial charge < -0.3 is 10.6 Å². The van der Waals surface area contributed by atoms with Crippen LogP contribution in [0.3, 0.4) is 0 Å². The highest BCUT2D eigenvalue weighted by molar-refractivity contribution is 7.89. The summed E-state index contributed by atoms with van der Waals surface area (Å²) in [4.78, 5) is 0.321. The molecule has 0 radical (unpaired) electrons. The maximum absolute atomic E-state index is 12.7. The number of nitrogens with zero attached hydrogens (tertiary/aromatic N) is 1. The molecule has 1 aliphatic heterocycles. The van der Waals surface area contributed by atoms with Gasteiger partial charge in [0, 0.05) is 25.3 Å². The van der Waals surface area contributed by atoms with E-state index in [1.54, 1.807) is 16.4 Å². The molecule has 0 unspecified atom stereocenters. The molecule has 5 nitrogen and oxygen atoms in total. The Labute approximate surface area is 138 Å². The van der Waals surface area contributed by atoms with Crippen molar-refractivity contribution in [3.8, 4) is 0 Å². The molecular weight excluding hydrogens is 318 g/mol. The summed E-state index contributed by atoms with van der Waals surface area (Å²) in [6.07, 6.45) is 2.96. The molecular formula is C15H23N3O2S2. The fourth-order valence-corrected chi connectivity index (χ4v) is 4.28. The number of anilines is 1. The van der Waals surface area contributed by atoms with Crippen molar-refractivity contribution >= 4 is 33.0 Å². The molecule has 2 N–H and O–H groups in total. The molecule has 122 valence electrons. The number of nitrogens with one attached hydrogen (secondary N) is 2. The van der Waals surface area contributed by atoms with Crippen molar-refractivity contribution in [1.82, 2.24) is 9.62 Å². The van der Waals surface area contributed by atoms with E-state index in [1.807, 2.05) is 19.9 Å². The molecule has 0 atom stereocenters. The van der Waals surface area contributed by atoms with E-state index >= 15 is 0 Å². The monoisotopic (exact) mass is 341 g/mol. The highest BCUT2D eigenvalue weighted by Crippen LogP contribution is 2.25. The second-order valence-electron chi connectivity index (χ2n) is 5.43. The lowest BCUT2D eigenvalue weighted by Gasteiger charge is -2.26. The van der Waals surface area contributed by atoms with E-state index in [1.165, 1.54) is 0 Å². The minimum Gasteiger partial charge on any atom is -0.363 e. The van der Waals surface area contributed by atoms with Gasteiger partial charge in [-0.1, -0.05) is 12.5 Å². The van der Waals surface area contributed by atoms with Crippen molar-refractivity contribution in [1.29, 1.82) is 0 Å². The number of piperidine rings is 1. The van der Waals surface area contributed by atoms with Crippen molar-refractivity contribution in [2.24, 2.45) is 0 Å². The normalized spacial score (nSPS) is 16.3. The van der Waals surface area contributed by atoms with Gasteiger partial charge >= 0.3 is 0 Å². The van der Waals surface area contributed by atoms with Crippen molar-refractivity contribution in [3.63, 3.8) is 0 Å². The molecule has 22 heavy (non-hydrogen) atoms. The van der Waals surface area contributed by atoms with Crippen LogP contribution in [0, 0.1) is 6.92 Å². The first kappa shape index (κ1) is 17.2. The van der Waals surface area contributed by atoms with Crippen LogP contribution in [0.25, 0.3) is 0 Å². The van der Waals surface area contributed by atoms with Gasteiger partial charge in [0.15, 0.2) is 5.11 Å². The zero-order valence-corrected chi connectivity index (χ0v) is 14.7. The van der Waals surface area contributed by atoms with E-state index in [4.69, 9.17) is 12.2 Å². The quantitative estimate of drug-likeness (QED) is 0.824. The van der Waals surface area contributed by atoms with Crippen LogP contribution >= 0.6 is 12.2 Å². The molecule has 0 aromatic heterocycles. The lowest BCUT2D eigenvalue weighted by atomic mass is 10.2. The van der Waals surface area contributed by atoms with Crippen LogP contribution in [0.1, 0.15) is 31.7 Å². The van der Waals surface area contributed by atoms with E-state index in [9.17, 15) is 8.42 Å². The predicted molar refractivity (Wildman–Crippen MR) is 93.7 cm³/mol. The molecule has 0 spiro atoms. The highest BCUT2D eigenvalue weighted by atomic mass is 32.2. The summed E-state index contributed by atoms with van der Waals surface area (Å²) < 4.78 is 27.0.